The summed E-state index contributed by atoms with van der Waals surface area (Å²) in [5, 5.41) is 2.92. The van der Waals surface area contributed by atoms with Gasteiger partial charge in [0.25, 0.3) is 0 Å². The van der Waals surface area contributed by atoms with Gasteiger partial charge >= 0.3 is 6.03 Å². The van der Waals surface area contributed by atoms with Crippen molar-refractivity contribution in [1.29, 1.82) is 0 Å². The van der Waals surface area contributed by atoms with Crippen LogP contribution >= 0.6 is 12.4 Å². The number of anilines is 1. The lowest BCUT2D eigenvalue weighted by Gasteiger charge is -2.37. The zero-order valence-electron chi connectivity index (χ0n) is 15.2. The Kier molecular flexibility index (Phi) is 7.32. The molecule has 2 aliphatic heterocycles. The SMILES string of the molecule is CS(=O)(=O)Cc1cccc(NC(=O)N2CCCC(N3CCCC3)C2)c1.Cl. The number of urea groups is 1. The van der Waals surface area contributed by atoms with Crippen LogP contribution in [0.2, 0.25) is 0 Å². The van der Waals surface area contributed by atoms with Crippen LogP contribution in [-0.4, -0.2) is 62.7 Å². The lowest BCUT2D eigenvalue weighted by atomic mass is 10.0. The van der Waals surface area contributed by atoms with E-state index in [1.807, 2.05) is 4.90 Å². The zero-order valence-corrected chi connectivity index (χ0v) is 16.8. The lowest BCUT2D eigenvalue weighted by Crippen LogP contribution is -2.50. The molecule has 1 atom stereocenters. The van der Waals surface area contributed by atoms with Crippen molar-refractivity contribution < 1.29 is 13.2 Å². The molecule has 0 aliphatic carbocycles. The molecule has 0 saturated carbocycles. The standard InChI is InChI=1S/C18H27N3O3S.ClH/c1-25(23,24)14-15-6-4-7-16(12-15)19-18(22)21-11-5-8-17(13-21)20-9-2-3-10-20;/h4,6-7,12,17H,2-3,5,8-11,13-14H2,1H3,(H,19,22);1H. The average Bonchev–Trinajstić information content (AvgIpc) is 3.08. The summed E-state index contributed by atoms with van der Waals surface area (Å²) in [6, 6.07) is 7.45. The number of hydrogen-bond acceptors (Lipinski definition) is 4. The summed E-state index contributed by atoms with van der Waals surface area (Å²) in [6.45, 7) is 3.84. The van der Waals surface area contributed by atoms with Crippen LogP contribution in [-0.2, 0) is 15.6 Å². The molecule has 2 amide bonds. The Hall–Kier alpha value is -1.31. The minimum absolute atomic E-state index is 0. The minimum Gasteiger partial charge on any atom is -0.323 e. The van der Waals surface area contributed by atoms with E-state index in [0.717, 1.165) is 39.0 Å². The molecule has 0 aromatic heterocycles. The molecule has 0 spiro atoms. The molecule has 8 heteroatoms. The van der Waals surface area contributed by atoms with Gasteiger partial charge in [0, 0.05) is 31.1 Å². The second-order valence-corrected chi connectivity index (χ2v) is 9.33. The molecule has 2 aliphatic rings. The minimum atomic E-state index is -3.09. The van der Waals surface area contributed by atoms with Crippen molar-refractivity contribution in [1.82, 2.24) is 9.80 Å². The largest absolute Gasteiger partial charge is 0.323 e. The lowest BCUT2D eigenvalue weighted by molar-refractivity contribution is 0.132. The number of nitrogens with one attached hydrogen (secondary N) is 1. The summed E-state index contributed by atoms with van der Waals surface area (Å²) in [5.74, 6) is -0.0164. The van der Waals surface area contributed by atoms with Gasteiger partial charge in [-0.2, -0.15) is 0 Å². The third-order valence-electron chi connectivity index (χ3n) is 4.95. The first-order valence-electron chi connectivity index (χ1n) is 8.97. The zero-order chi connectivity index (χ0) is 17.9. The van der Waals surface area contributed by atoms with Crippen molar-refractivity contribution in [2.75, 3.05) is 37.8 Å². The van der Waals surface area contributed by atoms with Crippen molar-refractivity contribution >= 4 is 34.0 Å². The fourth-order valence-electron chi connectivity index (χ4n) is 3.79. The van der Waals surface area contributed by atoms with Crippen LogP contribution in [0.1, 0.15) is 31.2 Å². The fourth-order valence-corrected chi connectivity index (χ4v) is 4.57. The van der Waals surface area contributed by atoms with Crippen LogP contribution in [0, 0.1) is 0 Å². The highest BCUT2D eigenvalue weighted by atomic mass is 35.5. The maximum Gasteiger partial charge on any atom is 0.321 e. The number of benzene rings is 1. The molecule has 1 N–H and O–H groups in total. The van der Waals surface area contributed by atoms with E-state index < -0.39 is 9.84 Å². The summed E-state index contributed by atoms with van der Waals surface area (Å²) in [5.41, 5.74) is 1.34. The van der Waals surface area contributed by atoms with Gasteiger partial charge in [0.2, 0.25) is 0 Å². The van der Waals surface area contributed by atoms with E-state index in [-0.39, 0.29) is 24.2 Å². The summed E-state index contributed by atoms with van der Waals surface area (Å²) in [7, 11) is -3.09. The number of sulfone groups is 1. The van der Waals surface area contributed by atoms with Gasteiger partial charge in [0.1, 0.15) is 0 Å². The highest BCUT2D eigenvalue weighted by Crippen LogP contribution is 2.21. The summed E-state index contributed by atoms with van der Waals surface area (Å²) >= 11 is 0. The number of piperidine rings is 1. The molecule has 2 saturated heterocycles. The van der Waals surface area contributed by atoms with Gasteiger partial charge in [0.15, 0.2) is 9.84 Å². The molecule has 26 heavy (non-hydrogen) atoms. The summed E-state index contributed by atoms with van der Waals surface area (Å²) < 4.78 is 22.9. The monoisotopic (exact) mass is 401 g/mol. The molecule has 1 aromatic carbocycles. The van der Waals surface area contributed by atoms with Gasteiger partial charge in [-0.05, 0) is 56.5 Å². The van der Waals surface area contributed by atoms with Gasteiger partial charge in [-0.3, -0.25) is 4.90 Å². The van der Waals surface area contributed by atoms with Crippen LogP contribution in [0.4, 0.5) is 10.5 Å². The smallest absolute Gasteiger partial charge is 0.321 e. The molecule has 0 bridgehead atoms. The predicted octanol–water partition coefficient (Wildman–Crippen LogP) is 2.75. The highest BCUT2D eigenvalue weighted by molar-refractivity contribution is 7.89. The number of carbonyl (C=O) groups excluding carboxylic acids is 1. The number of rotatable bonds is 4. The van der Waals surface area contributed by atoms with Crippen LogP contribution in [0.3, 0.4) is 0 Å². The number of nitrogens with zero attached hydrogens (tertiary/aromatic N) is 2. The van der Waals surface area contributed by atoms with E-state index in [2.05, 4.69) is 10.2 Å². The topological polar surface area (TPSA) is 69.7 Å². The van der Waals surface area contributed by atoms with Gasteiger partial charge in [0.05, 0.1) is 5.75 Å². The van der Waals surface area contributed by atoms with Crippen molar-refractivity contribution in [2.24, 2.45) is 0 Å². The molecular formula is C18H28ClN3O3S. The van der Waals surface area contributed by atoms with E-state index in [0.29, 0.717) is 17.3 Å². The second-order valence-electron chi connectivity index (χ2n) is 7.19. The number of hydrogen-bond donors (Lipinski definition) is 1. The first kappa shape index (κ1) is 21.0. The number of likely N-dealkylation sites (tertiary alicyclic amines) is 2. The normalized spacial score (nSPS) is 21.3. The molecule has 6 nitrogen and oxygen atoms in total. The molecule has 1 unspecified atom stereocenters. The third-order valence-corrected chi connectivity index (χ3v) is 5.81. The average molecular weight is 402 g/mol. The van der Waals surface area contributed by atoms with E-state index in [4.69, 9.17) is 0 Å². The van der Waals surface area contributed by atoms with E-state index in [1.54, 1.807) is 24.3 Å². The number of halogens is 1. The van der Waals surface area contributed by atoms with Gasteiger partial charge in [-0.25, -0.2) is 13.2 Å². The maximum atomic E-state index is 12.6. The number of amides is 2. The third kappa shape index (κ3) is 5.86. The van der Waals surface area contributed by atoms with Gasteiger partial charge < -0.3 is 10.2 Å². The van der Waals surface area contributed by atoms with Crippen LogP contribution in [0.15, 0.2) is 24.3 Å². The number of carbonyl (C=O) groups is 1. The van der Waals surface area contributed by atoms with E-state index >= 15 is 0 Å². The molecular weight excluding hydrogens is 374 g/mol. The Morgan fingerprint density at radius 1 is 1.19 bits per heavy atom. The molecule has 2 fully saturated rings. The fraction of sp³-hybridized carbons (Fsp3) is 0.611. The van der Waals surface area contributed by atoms with Gasteiger partial charge in [-0.15, -0.1) is 12.4 Å². The van der Waals surface area contributed by atoms with E-state index in [1.165, 1.54) is 19.1 Å². The predicted molar refractivity (Wildman–Crippen MR) is 107 cm³/mol. The Morgan fingerprint density at radius 3 is 2.62 bits per heavy atom. The van der Waals surface area contributed by atoms with Crippen LogP contribution < -0.4 is 5.32 Å². The molecule has 0 radical (unpaired) electrons. The Bertz CT molecular complexity index is 720. The van der Waals surface area contributed by atoms with Crippen molar-refractivity contribution in [2.45, 2.75) is 37.5 Å². The summed E-state index contributed by atoms with van der Waals surface area (Å²) in [4.78, 5) is 17.0. The van der Waals surface area contributed by atoms with Crippen LogP contribution in [0.25, 0.3) is 0 Å². The Morgan fingerprint density at radius 2 is 1.92 bits per heavy atom. The Balaban J connectivity index is 0.00000243. The van der Waals surface area contributed by atoms with Gasteiger partial charge in [-0.1, -0.05) is 12.1 Å². The summed E-state index contributed by atoms with van der Waals surface area (Å²) in [6.07, 6.45) is 5.92. The molecule has 3 rings (SSSR count). The molecule has 2 heterocycles. The first-order valence-corrected chi connectivity index (χ1v) is 11.0. The van der Waals surface area contributed by atoms with Crippen molar-refractivity contribution in [3.63, 3.8) is 0 Å². The van der Waals surface area contributed by atoms with Crippen LogP contribution in [0.5, 0.6) is 0 Å². The van der Waals surface area contributed by atoms with Crippen molar-refractivity contribution in [3.05, 3.63) is 29.8 Å². The molecule has 1 aromatic rings. The Labute approximate surface area is 162 Å². The van der Waals surface area contributed by atoms with E-state index in [9.17, 15) is 13.2 Å². The maximum absolute atomic E-state index is 12.6. The second kappa shape index (κ2) is 9.06. The molecule has 146 valence electrons. The quantitative estimate of drug-likeness (QED) is 0.842. The first-order chi connectivity index (χ1) is 11.9. The van der Waals surface area contributed by atoms with Crippen molar-refractivity contribution in [3.8, 4) is 0 Å². The highest BCUT2D eigenvalue weighted by Gasteiger charge is 2.29.